The predicted octanol–water partition coefficient (Wildman–Crippen LogP) is 4.03. The molecule has 112 valence electrons. The molecule has 0 aromatic heterocycles. The first kappa shape index (κ1) is 15.2. The average Bonchev–Trinajstić information content (AvgIpc) is 2.46. The van der Waals surface area contributed by atoms with Crippen LogP contribution in [-0.2, 0) is 6.18 Å². The summed E-state index contributed by atoms with van der Waals surface area (Å²) in [6, 6.07) is 5.18. The van der Waals surface area contributed by atoms with Crippen molar-refractivity contribution in [3.8, 4) is 0 Å². The molecule has 20 heavy (non-hydrogen) atoms. The lowest BCUT2D eigenvalue weighted by Crippen LogP contribution is -2.39. The Bertz CT molecular complexity index is 420. The van der Waals surface area contributed by atoms with E-state index in [0.29, 0.717) is 6.54 Å². The van der Waals surface area contributed by atoms with Gasteiger partial charge in [0.25, 0.3) is 0 Å². The monoisotopic (exact) mass is 286 g/mol. The third kappa shape index (κ3) is 3.66. The number of alkyl halides is 3. The van der Waals surface area contributed by atoms with E-state index in [9.17, 15) is 13.2 Å². The first-order chi connectivity index (χ1) is 9.45. The smallest absolute Gasteiger partial charge is 0.384 e. The average molecular weight is 286 g/mol. The summed E-state index contributed by atoms with van der Waals surface area (Å²) in [5.41, 5.74) is 6.10. The van der Waals surface area contributed by atoms with Crippen LogP contribution in [0.4, 0.5) is 18.9 Å². The molecule has 5 heteroatoms. The molecular weight excluding hydrogens is 265 g/mol. The molecule has 2 rings (SSSR count). The van der Waals surface area contributed by atoms with E-state index < -0.39 is 11.7 Å². The lowest BCUT2D eigenvalue weighted by molar-refractivity contribution is -0.137. The van der Waals surface area contributed by atoms with Gasteiger partial charge in [0.1, 0.15) is 0 Å². The van der Waals surface area contributed by atoms with Gasteiger partial charge in [0, 0.05) is 12.2 Å². The van der Waals surface area contributed by atoms with Gasteiger partial charge in [-0.1, -0.05) is 19.3 Å². The molecule has 1 aromatic carbocycles. The second-order valence-corrected chi connectivity index (χ2v) is 5.69. The minimum Gasteiger partial charge on any atom is -0.384 e. The molecule has 1 fully saturated rings. The molecule has 0 heterocycles. The Morgan fingerprint density at radius 3 is 2.15 bits per heavy atom. The molecule has 0 aliphatic heterocycles. The largest absolute Gasteiger partial charge is 0.416 e. The van der Waals surface area contributed by atoms with E-state index in [4.69, 9.17) is 5.73 Å². The summed E-state index contributed by atoms with van der Waals surface area (Å²) in [5, 5.41) is 3.24. The third-order valence-corrected chi connectivity index (χ3v) is 4.23. The Morgan fingerprint density at radius 2 is 1.65 bits per heavy atom. The van der Waals surface area contributed by atoms with Gasteiger partial charge in [-0.25, -0.2) is 0 Å². The molecule has 0 saturated heterocycles. The molecule has 1 saturated carbocycles. The standard InChI is InChI=1S/C15H21F3N2/c16-15(17,18)12-4-6-13(7-5-12)20-11-14(10-19)8-2-1-3-9-14/h4-7,20H,1-3,8-11,19H2. The minimum atomic E-state index is -4.28. The zero-order valence-electron chi connectivity index (χ0n) is 11.5. The number of nitrogens with one attached hydrogen (secondary N) is 1. The van der Waals surface area contributed by atoms with E-state index in [0.717, 1.165) is 37.2 Å². The number of anilines is 1. The summed E-state index contributed by atoms with van der Waals surface area (Å²) in [5.74, 6) is 0. The summed E-state index contributed by atoms with van der Waals surface area (Å²) < 4.78 is 37.4. The lowest BCUT2D eigenvalue weighted by Gasteiger charge is -2.36. The van der Waals surface area contributed by atoms with Crippen LogP contribution in [0.1, 0.15) is 37.7 Å². The first-order valence-electron chi connectivity index (χ1n) is 7.06. The SMILES string of the molecule is NCC1(CNc2ccc(C(F)(F)F)cc2)CCCCC1. The summed E-state index contributed by atoms with van der Waals surface area (Å²) in [4.78, 5) is 0. The molecule has 0 bridgehead atoms. The Labute approximate surface area is 117 Å². The fourth-order valence-electron chi connectivity index (χ4n) is 2.82. The molecular formula is C15H21F3N2. The number of benzene rings is 1. The van der Waals surface area contributed by atoms with E-state index in [2.05, 4.69) is 5.32 Å². The van der Waals surface area contributed by atoms with Gasteiger partial charge in [0.15, 0.2) is 0 Å². The highest BCUT2D eigenvalue weighted by Crippen LogP contribution is 2.36. The van der Waals surface area contributed by atoms with Crippen molar-refractivity contribution in [2.45, 2.75) is 38.3 Å². The maximum absolute atomic E-state index is 12.5. The van der Waals surface area contributed by atoms with E-state index in [1.807, 2.05) is 0 Å². The Kier molecular flexibility index (Phi) is 4.58. The van der Waals surface area contributed by atoms with Crippen LogP contribution >= 0.6 is 0 Å². The Hall–Kier alpha value is -1.23. The second kappa shape index (κ2) is 6.04. The van der Waals surface area contributed by atoms with Crippen molar-refractivity contribution in [3.63, 3.8) is 0 Å². The third-order valence-electron chi connectivity index (χ3n) is 4.23. The molecule has 2 nitrogen and oxygen atoms in total. The number of halogens is 3. The van der Waals surface area contributed by atoms with Crippen molar-refractivity contribution in [3.05, 3.63) is 29.8 Å². The predicted molar refractivity (Wildman–Crippen MR) is 74.5 cm³/mol. The maximum atomic E-state index is 12.5. The molecule has 0 amide bonds. The lowest BCUT2D eigenvalue weighted by atomic mass is 9.74. The van der Waals surface area contributed by atoms with Crippen molar-refractivity contribution in [2.75, 3.05) is 18.4 Å². The van der Waals surface area contributed by atoms with Crippen molar-refractivity contribution >= 4 is 5.69 Å². The first-order valence-corrected chi connectivity index (χ1v) is 7.06. The van der Waals surface area contributed by atoms with Crippen molar-refractivity contribution in [1.29, 1.82) is 0 Å². The number of nitrogens with two attached hydrogens (primary N) is 1. The fourth-order valence-corrected chi connectivity index (χ4v) is 2.82. The quantitative estimate of drug-likeness (QED) is 0.877. The zero-order valence-corrected chi connectivity index (χ0v) is 11.5. The summed E-state index contributed by atoms with van der Waals surface area (Å²) in [6.45, 7) is 1.36. The van der Waals surface area contributed by atoms with E-state index in [1.165, 1.54) is 31.4 Å². The van der Waals surface area contributed by atoms with E-state index >= 15 is 0 Å². The molecule has 0 radical (unpaired) electrons. The van der Waals surface area contributed by atoms with Gasteiger partial charge in [0.2, 0.25) is 0 Å². The molecule has 3 N–H and O–H groups in total. The van der Waals surface area contributed by atoms with Gasteiger partial charge in [-0.3, -0.25) is 0 Å². The summed E-state index contributed by atoms with van der Waals surface area (Å²) >= 11 is 0. The van der Waals surface area contributed by atoms with Crippen molar-refractivity contribution in [2.24, 2.45) is 11.1 Å². The number of hydrogen-bond acceptors (Lipinski definition) is 2. The van der Waals surface area contributed by atoms with Gasteiger partial charge >= 0.3 is 6.18 Å². The van der Waals surface area contributed by atoms with Crippen LogP contribution in [0.5, 0.6) is 0 Å². The topological polar surface area (TPSA) is 38.0 Å². The molecule has 0 unspecified atom stereocenters. The van der Waals surface area contributed by atoms with Crippen LogP contribution in [-0.4, -0.2) is 13.1 Å². The van der Waals surface area contributed by atoms with Crippen molar-refractivity contribution in [1.82, 2.24) is 0 Å². The van der Waals surface area contributed by atoms with Crippen LogP contribution in [0.15, 0.2) is 24.3 Å². The molecule has 1 aromatic rings. The molecule has 0 spiro atoms. The number of rotatable bonds is 4. The fraction of sp³-hybridized carbons (Fsp3) is 0.600. The highest BCUT2D eigenvalue weighted by Gasteiger charge is 2.31. The summed E-state index contributed by atoms with van der Waals surface area (Å²) in [6.07, 6.45) is 1.54. The summed E-state index contributed by atoms with van der Waals surface area (Å²) in [7, 11) is 0. The van der Waals surface area contributed by atoms with Crippen LogP contribution in [0, 0.1) is 5.41 Å². The van der Waals surface area contributed by atoms with Gasteiger partial charge in [0.05, 0.1) is 5.56 Å². The Balaban J connectivity index is 1.96. The zero-order chi connectivity index (χ0) is 14.6. The van der Waals surface area contributed by atoms with E-state index in [1.54, 1.807) is 0 Å². The highest BCUT2D eigenvalue weighted by molar-refractivity contribution is 5.45. The van der Waals surface area contributed by atoms with Gasteiger partial charge in [-0.2, -0.15) is 13.2 Å². The molecule has 1 aliphatic carbocycles. The minimum absolute atomic E-state index is 0.0982. The maximum Gasteiger partial charge on any atom is 0.416 e. The van der Waals surface area contributed by atoms with Crippen LogP contribution in [0.3, 0.4) is 0 Å². The van der Waals surface area contributed by atoms with Gasteiger partial charge in [-0.15, -0.1) is 0 Å². The Morgan fingerprint density at radius 1 is 1.05 bits per heavy atom. The van der Waals surface area contributed by atoms with E-state index in [-0.39, 0.29) is 5.41 Å². The molecule has 0 atom stereocenters. The normalized spacial score (nSPS) is 18.8. The number of hydrogen-bond donors (Lipinski definition) is 2. The van der Waals surface area contributed by atoms with Crippen LogP contribution in [0.25, 0.3) is 0 Å². The molecule has 1 aliphatic rings. The second-order valence-electron chi connectivity index (χ2n) is 5.69. The van der Waals surface area contributed by atoms with Crippen LogP contribution in [0.2, 0.25) is 0 Å². The highest BCUT2D eigenvalue weighted by atomic mass is 19.4. The van der Waals surface area contributed by atoms with Crippen LogP contribution < -0.4 is 11.1 Å². The van der Waals surface area contributed by atoms with Gasteiger partial charge in [-0.05, 0) is 49.1 Å². The van der Waals surface area contributed by atoms with Gasteiger partial charge < -0.3 is 11.1 Å². The van der Waals surface area contributed by atoms with Crippen molar-refractivity contribution < 1.29 is 13.2 Å².